The van der Waals surface area contributed by atoms with E-state index in [1.54, 1.807) is 0 Å². The summed E-state index contributed by atoms with van der Waals surface area (Å²) in [7, 11) is 1.90. The first-order valence-corrected chi connectivity index (χ1v) is 14.4. The molecule has 7 heterocycles. The lowest BCUT2D eigenvalue weighted by Gasteiger charge is -2.56. The second-order valence-corrected chi connectivity index (χ2v) is 11.3. The molecule has 10 heteroatoms. The number of fused-ring (bicyclic) bond motifs is 3. The molecule has 5 aromatic rings. The smallest absolute Gasteiger partial charge is 0.163 e. The van der Waals surface area contributed by atoms with Crippen LogP contribution in [0, 0.1) is 0 Å². The first kappa shape index (κ1) is 24.2. The van der Waals surface area contributed by atoms with Gasteiger partial charge in [0.2, 0.25) is 0 Å². The maximum Gasteiger partial charge on any atom is 0.163 e. The molecule has 2 atom stereocenters. The Morgan fingerprint density at radius 3 is 2.56 bits per heavy atom. The van der Waals surface area contributed by atoms with E-state index in [4.69, 9.17) is 15.0 Å². The van der Waals surface area contributed by atoms with Gasteiger partial charge in [-0.2, -0.15) is 5.10 Å². The summed E-state index contributed by atoms with van der Waals surface area (Å²) in [6.07, 6.45) is 7.58. The number of piperidine rings is 1. The summed E-state index contributed by atoms with van der Waals surface area (Å²) in [5.74, 6) is 4.69. The number of H-pyrrole nitrogens is 1. The Hall–Kier alpha value is -4.57. The zero-order valence-electron chi connectivity index (χ0n) is 23.0. The minimum absolute atomic E-state index is 0.541. The first-order chi connectivity index (χ1) is 20.2. The Bertz CT molecular complexity index is 1680. The van der Waals surface area contributed by atoms with E-state index in [0.717, 1.165) is 59.4 Å². The maximum absolute atomic E-state index is 4.91. The van der Waals surface area contributed by atoms with Crippen LogP contribution >= 0.6 is 0 Å². The molecule has 9 rings (SSSR count). The standard InChI is InChI=1S/C31H32N10/c1-32-27-10-6-19(14-33-27)16-41-22-12-23(41)18-40(17-22)29-11-9-21(15-34-29)30-35-25-5-3-2-4-24(25)31(37-30)36-28-13-26(38-39-28)20-7-8-20/h2-6,9-11,13-15,20,22-23H,7-8,12,16-18H2,1H3,(H,32,33)(H2,35,36,37,38,39). The Kier molecular flexibility index (Phi) is 5.80. The minimum Gasteiger partial charge on any atom is -0.373 e. The van der Waals surface area contributed by atoms with Gasteiger partial charge in [0.25, 0.3) is 0 Å². The molecule has 0 radical (unpaired) electrons. The molecule has 3 N–H and O–H groups in total. The number of benzene rings is 1. The molecule has 4 aromatic heterocycles. The Morgan fingerprint density at radius 2 is 1.80 bits per heavy atom. The van der Waals surface area contributed by atoms with Gasteiger partial charge in [0.1, 0.15) is 17.5 Å². The van der Waals surface area contributed by atoms with Crippen molar-refractivity contribution >= 4 is 34.2 Å². The topological polar surface area (TPSA) is 111 Å². The molecule has 2 bridgehead atoms. The van der Waals surface area contributed by atoms with Crippen LogP contribution in [0.1, 0.15) is 36.4 Å². The third-order valence-corrected chi connectivity index (χ3v) is 8.59. The number of piperazine rings is 1. The second kappa shape index (κ2) is 9.81. The number of rotatable bonds is 8. The number of hydrogen-bond acceptors (Lipinski definition) is 9. The third kappa shape index (κ3) is 4.63. The average Bonchev–Trinajstić information content (AvgIpc) is 3.78. The number of nitrogens with one attached hydrogen (secondary N) is 3. The average molecular weight is 545 g/mol. The minimum atomic E-state index is 0.541. The number of nitrogens with zero attached hydrogens (tertiary/aromatic N) is 7. The van der Waals surface area contributed by atoms with Crippen molar-refractivity contribution in [2.24, 2.45) is 0 Å². The monoisotopic (exact) mass is 544 g/mol. The normalized spacial score (nSPS) is 20.2. The quantitative estimate of drug-likeness (QED) is 0.250. The number of anilines is 4. The number of pyridine rings is 2. The van der Waals surface area contributed by atoms with Gasteiger partial charge in [-0.3, -0.25) is 10.00 Å². The van der Waals surface area contributed by atoms with Crippen molar-refractivity contribution in [2.75, 3.05) is 35.7 Å². The van der Waals surface area contributed by atoms with E-state index >= 15 is 0 Å². The SMILES string of the molecule is CNc1ccc(CN2C3CC2CN(c2ccc(-c4nc(Nc5cc(C6CC6)[nH]n5)c5ccccc5n4)cn2)C3)cn1. The molecule has 4 fully saturated rings. The van der Waals surface area contributed by atoms with Crippen LogP contribution in [0.15, 0.2) is 67.0 Å². The fourth-order valence-electron chi connectivity index (χ4n) is 6.14. The molecule has 3 saturated heterocycles. The van der Waals surface area contributed by atoms with Gasteiger partial charge in [0.15, 0.2) is 11.6 Å². The van der Waals surface area contributed by atoms with E-state index in [2.05, 4.69) is 59.9 Å². The first-order valence-electron chi connectivity index (χ1n) is 14.4. The van der Waals surface area contributed by atoms with E-state index in [1.165, 1.54) is 30.5 Å². The fourth-order valence-corrected chi connectivity index (χ4v) is 6.14. The Balaban J connectivity index is 0.986. The van der Waals surface area contributed by atoms with Crippen molar-refractivity contribution in [2.45, 2.75) is 43.8 Å². The van der Waals surface area contributed by atoms with Crippen LogP contribution in [-0.4, -0.2) is 67.3 Å². The van der Waals surface area contributed by atoms with Crippen molar-refractivity contribution < 1.29 is 0 Å². The lowest BCUT2D eigenvalue weighted by atomic mass is 9.87. The van der Waals surface area contributed by atoms with Crippen molar-refractivity contribution in [3.8, 4) is 11.4 Å². The molecule has 0 spiro atoms. The van der Waals surface area contributed by atoms with Gasteiger partial charge < -0.3 is 15.5 Å². The van der Waals surface area contributed by atoms with Crippen molar-refractivity contribution in [1.82, 2.24) is 35.0 Å². The highest BCUT2D eigenvalue weighted by Crippen LogP contribution is 2.40. The fraction of sp³-hybridized carbons (Fsp3) is 0.323. The molecule has 1 aliphatic carbocycles. The van der Waals surface area contributed by atoms with Crippen LogP contribution in [0.3, 0.4) is 0 Å². The summed E-state index contributed by atoms with van der Waals surface area (Å²) >= 11 is 0. The van der Waals surface area contributed by atoms with E-state index in [9.17, 15) is 0 Å². The van der Waals surface area contributed by atoms with E-state index in [1.807, 2.05) is 49.8 Å². The van der Waals surface area contributed by atoms with E-state index in [0.29, 0.717) is 23.8 Å². The van der Waals surface area contributed by atoms with Crippen molar-refractivity contribution in [1.29, 1.82) is 0 Å². The molecule has 2 unspecified atom stereocenters. The highest BCUT2D eigenvalue weighted by Gasteiger charge is 2.44. The van der Waals surface area contributed by atoms with E-state index in [-0.39, 0.29) is 0 Å². The van der Waals surface area contributed by atoms with Crippen LogP contribution in [0.5, 0.6) is 0 Å². The highest BCUT2D eigenvalue weighted by molar-refractivity contribution is 5.92. The van der Waals surface area contributed by atoms with Crippen LogP contribution in [0.25, 0.3) is 22.3 Å². The Labute approximate surface area is 238 Å². The molecule has 206 valence electrons. The molecule has 3 aliphatic heterocycles. The zero-order valence-corrected chi connectivity index (χ0v) is 23.0. The van der Waals surface area contributed by atoms with Gasteiger partial charge >= 0.3 is 0 Å². The lowest BCUT2D eigenvalue weighted by molar-refractivity contribution is -0.00874. The molecule has 41 heavy (non-hydrogen) atoms. The summed E-state index contributed by atoms with van der Waals surface area (Å²) in [5.41, 5.74) is 4.22. The molecular weight excluding hydrogens is 512 g/mol. The number of hydrogen-bond donors (Lipinski definition) is 3. The molecular formula is C31H32N10. The Morgan fingerprint density at radius 1 is 0.927 bits per heavy atom. The second-order valence-electron chi connectivity index (χ2n) is 11.3. The van der Waals surface area contributed by atoms with Crippen LogP contribution in [0.4, 0.5) is 23.3 Å². The number of para-hydroxylation sites is 1. The molecule has 1 saturated carbocycles. The number of aromatic nitrogens is 6. The predicted octanol–water partition coefficient (Wildman–Crippen LogP) is 4.94. The largest absolute Gasteiger partial charge is 0.373 e. The summed E-state index contributed by atoms with van der Waals surface area (Å²) in [6, 6.07) is 19.6. The summed E-state index contributed by atoms with van der Waals surface area (Å²) in [4.78, 5) is 24.1. The van der Waals surface area contributed by atoms with Gasteiger partial charge in [-0.05, 0) is 55.2 Å². The van der Waals surface area contributed by atoms with Gasteiger partial charge in [0, 0.05) is 79.8 Å². The predicted molar refractivity (Wildman–Crippen MR) is 160 cm³/mol. The summed E-state index contributed by atoms with van der Waals surface area (Å²) < 4.78 is 0. The van der Waals surface area contributed by atoms with Gasteiger partial charge in [-0.25, -0.2) is 19.9 Å². The van der Waals surface area contributed by atoms with Gasteiger partial charge in [0.05, 0.1) is 5.52 Å². The molecule has 10 nitrogen and oxygen atoms in total. The van der Waals surface area contributed by atoms with Crippen LogP contribution < -0.4 is 15.5 Å². The van der Waals surface area contributed by atoms with Crippen LogP contribution in [-0.2, 0) is 6.54 Å². The van der Waals surface area contributed by atoms with Crippen LogP contribution in [0.2, 0.25) is 0 Å². The summed E-state index contributed by atoms with van der Waals surface area (Å²) in [5, 5.41) is 15.1. The highest BCUT2D eigenvalue weighted by atomic mass is 15.4. The summed E-state index contributed by atoms with van der Waals surface area (Å²) in [6.45, 7) is 2.91. The lowest BCUT2D eigenvalue weighted by Crippen LogP contribution is -2.68. The molecule has 0 amide bonds. The van der Waals surface area contributed by atoms with Crippen molar-refractivity contribution in [3.63, 3.8) is 0 Å². The van der Waals surface area contributed by atoms with Gasteiger partial charge in [-0.1, -0.05) is 18.2 Å². The molecule has 4 aliphatic rings. The zero-order chi connectivity index (χ0) is 27.3. The van der Waals surface area contributed by atoms with Crippen molar-refractivity contribution in [3.05, 3.63) is 78.2 Å². The maximum atomic E-state index is 4.91. The third-order valence-electron chi connectivity index (χ3n) is 8.59. The van der Waals surface area contributed by atoms with Gasteiger partial charge in [-0.15, -0.1) is 0 Å². The molecule has 1 aromatic carbocycles. The number of aromatic amines is 1. The van der Waals surface area contributed by atoms with E-state index < -0.39 is 0 Å².